The fourth-order valence-corrected chi connectivity index (χ4v) is 1.51. The minimum absolute atomic E-state index is 0.320. The maximum Gasteiger partial charge on any atom is 0.150 e. The van der Waals surface area contributed by atoms with Crippen molar-refractivity contribution in [2.45, 2.75) is 6.54 Å². The Morgan fingerprint density at radius 1 is 1.50 bits per heavy atom. The van der Waals surface area contributed by atoms with Crippen molar-refractivity contribution in [3.05, 3.63) is 29.7 Å². The van der Waals surface area contributed by atoms with Gasteiger partial charge in [0.05, 0.1) is 12.6 Å². The van der Waals surface area contributed by atoms with Crippen LogP contribution in [-0.4, -0.2) is 12.1 Å². The topological polar surface area (TPSA) is 51.0 Å². The molecule has 0 atom stereocenters. The van der Waals surface area contributed by atoms with Crippen molar-refractivity contribution in [3.8, 4) is 5.75 Å². The highest BCUT2D eigenvalue weighted by Gasteiger charge is 2.08. The molecule has 2 rings (SSSR count). The molecule has 74 valence electrons. The van der Waals surface area contributed by atoms with Crippen molar-refractivity contribution in [1.29, 1.82) is 0 Å². The number of H-pyrrole nitrogens is 1. The predicted molar refractivity (Wildman–Crippen MR) is 52.7 cm³/mol. The summed E-state index contributed by atoms with van der Waals surface area (Å²) in [5.74, 6) is 0.184. The number of ether oxygens (including phenoxy) is 1. The van der Waals surface area contributed by atoms with E-state index in [0.29, 0.717) is 17.8 Å². The Kier molecular flexibility index (Phi) is 2.13. The van der Waals surface area contributed by atoms with Gasteiger partial charge in [0.2, 0.25) is 0 Å². The molecule has 2 aromatic rings. The molecule has 0 saturated heterocycles. The van der Waals surface area contributed by atoms with E-state index in [1.54, 1.807) is 12.3 Å². The van der Waals surface area contributed by atoms with Gasteiger partial charge in [0.25, 0.3) is 0 Å². The molecule has 0 spiro atoms. The van der Waals surface area contributed by atoms with E-state index in [1.165, 1.54) is 13.2 Å². The number of aromatic nitrogens is 1. The second kappa shape index (κ2) is 3.31. The summed E-state index contributed by atoms with van der Waals surface area (Å²) < 4.78 is 18.4. The Labute approximate surface area is 80.7 Å². The lowest BCUT2D eigenvalue weighted by molar-refractivity contribution is 0.412. The van der Waals surface area contributed by atoms with E-state index in [4.69, 9.17) is 10.5 Å². The second-order valence-corrected chi connectivity index (χ2v) is 3.05. The van der Waals surface area contributed by atoms with Crippen LogP contribution in [0.3, 0.4) is 0 Å². The highest BCUT2D eigenvalue weighted by Crippen LogP contribution is 2.26. The van der Waals surface area contributed by atoms with Gasteiger partial charge in [-0.1, -0.05) is 0 Å². The van der Waals surface area contributed by atoms with Crippen molar-refractivity contribution in [2.24, 2.45) is 5.73 Å². The first kappa shape index (κ1) is 9.02. The summed E-state index contributed by atoms with van der Waals surface area (Å²) in [6.45, 7) is 0.382. The lowest BCUT2D eigenvalue weighted by Gasteiger charge is -2.01. The number of rotatable bonds is 2. The largest absolute Gasteiger partial charge is 0.497 e. The third-order valence-electron chi connectivity index (χ3n) is 2.26. The number of aromatic amines is 1. The van der Waals surface area contributed by atoms with Crippen LogP contribution in [-0.2, 0) is 6.54 Å². The molecule has 1 aromatic carbocycles. The zero-order valence-corrected chi connectivity index (χ0v) is 7.80. The maximum atomic E-state index is 13.4. The Bertz CT molecular complexity index is 464. The number of halogens is 1. The van der Waals surface area contributed by atoms with Crippen molar-refractivity contribution < 1.29 is 9.13 Å². The number of fused-ring (bicyclic) bond motifs is 1. The minimum Gasteiger partial charge on any atom is -0.497 e. The van der Waals surface area contributed by atoms with Gasteiger partial charge in [-0.2, -0.15) is 0 Å². The highest BCUT2D eigenvalue weighted by molar-refractivity contribution is 5.85. The van der Waals surface area contributed by atoms with Crippen LogP contribution in [0.25, 0.3) is 10.9 Å². The van der Waals surface area contributed by atoms with Crippen molar-refractivity contribution in [1.82, 2.24) is 4.98 Å². The van der Waals surface area contributed by atoms with Crippen molar-refractivity contribution >= 4 is 10.9 Å². The van der Waals surface area contributed by atoms with Gasteiger partial charge >= 0.3 is 0 Å². The fraction of sp³-hybridized carbons (Fsp3) is 0.200. The van der Waals surface area contributed by atoms with Crippen LogP contribution in [0.4, 0.5) is 4.39 Å². The molecule has 3 nitrogen and oxygen atoms in total. The van der Waals surface area contributed by atoms with Gasteiger partial charge in [0, 0.05) is 24.2 Å². The third-order valence-corrected chi connectivity index (χ3v) is 2.26. The van der Waals surface area contributed by atoms with Crippen LogP contribution in [0.15, 0.2) is 18.3 Å². The molecule has 1 heterocycles. The van der Waals surface area contributed by atoms with Crippen LogP contribution in [0.1, 0.15) is 5.56 Å². The molecule has 0 aliphatic heterocycles. The molecule has 0 aliphatic rings. The van der Waals surface area contributed by atoms with E-state index < -0.39 is 0 Å². The normalized spacial score (nSPS) is 10.8. The summed E-state index contributed by atoms with van der Waals surface area (Å²) in [4.78, 5) is 2.85. The average Bonchev–Trinajstić information content (AvgIpc) is 2.61. The molecule has 0 saturated carbocycles. The zero-order valence-electron chi connectivity index (χ0n) is 7.80. The zero-order chi connectivity index (χ0) is 10.1. The summed E-state index contributed by atoms with van der Waals surface area (Å²) in [5, 5.41) is 0.782. The van der Waals surface area contributed by atoms with E-state index in [9.17, 15) is 4.39 Å². The van der Waals surface area contributed by atoms with Crippen LogP contribution in [0.5, 0.6) is 5.75 Å². The van der Waals surface area contributed by atoms with Gasteiger partial charge in [0.1, 0.15) is 5.75 Å². The number of hydrogen-bond acceptors (Lipinski definition) is 2. The monoisotopic (exact) mass is 194 g/mol. The lowest BCUT2D eigenvalue weighted by atomic mass is 10.1. The van der Waals surface area contributed by atoms with E-state index >= 15 is 0 Å². The Balaban J connectivity index is 2.73. The van der Waals surface area contributed by atoms with Gasteiger partial charge in [-0.15, -0.1) is 0 Å². The molecule has 4 heteroatoms. The number of methoxy groups -OCH3 is 1. The Morgan fingerprint density at radius 3 is 2.93 bits per heavy atom. The van der Waals surface area contributed by atoms with Crippen molar-refractivity contribution in [2.75, 3.05) is 7.11 Å². The number of nitrogens with one attached hydrogen (secondary N) is 1. The molecule has 0 aliphatic carbocycles. The van der Waals surface area contributed by atoms with E-state index in [2.05, 4.69) is 4.98 Å². The molecule has 3 N–H and O–H groups in total. The first-order chi connectivity index (χ1) is 6.76. The summed E-state index contributed by atoms with van der Waals surface area (Å²) in [7, 11) is 1.51. The summed E-state index contributed by atoms with van der Waals surface area (Å²) in [6, 6.07) is 3.12. The quantitative estimate of drug-likeness (QED) is 0.765. The molecule has 0 radical (unpaired) electrons. The molecular formula is C10H11FN2O. The van der Waals surface area contributed by atoms with Crippen LogP contribution >= 0.6 is 0 Å². The SMILES string of the molecule is COc1cc(F)c2[nH]cc(CN)c2c1. The molecule has 14 heavy (non-hydrogen) atoms. The number of nitrogens with two attached hydrogens (primary N) is 1. The molecule has 0 fully saturated rings. The van der Waals surface area contributed by atoms with Gasteiger partial charge in [-0.25, -0.2) is 4.39 Å². The lowest BCUT2D eigenvalue weighted by Crippen LogP contribution is -1.94. The molecule has 0 amide bonds. The van der Waals surface area contributed by atoms with Gasteiger partial charge in [-0.05, 0) is 11.6 Å². The average molecular weight is 194 g/mol. The third kappa shape index (κ3) is 1.24. The first-order valence-corrected chi connectivity index (χ1v) is 4.30. The van der Waals surface area contributed by atoms with Crippen LogP contribution in [0, 0.1) is 5.82 Å². The second-order valence-electron chi connectivity index (χ2n) is 3.05. The predicted octanol–water partition coefficient (Wildman–Crippen LogP) is 1.77. The summed E-state index contributed by atoms with van der Waals surface area (Å²) in [6.07, 6.45) is 1.72. The minimum atomic E-state index is -0.320. The maximum absolute atomic E-state index is 13.4. The molecular weight excluding hydrogens is 183 g/mol. The smallest absolute Gasteiger partial charge is 0.150 e. The Hall–Kier alpha value is -1.55. The summed E-state index contributed by atoms with van der Waals surface area (Å²) >= 11 is 0. The van der Waals surface area contributed by atoms with E-state index in [0.717, 1.165) is 10.9 Å². The highest BCUT2D eigenvalue weighted by atomic mass is 19.1. The number of benzene rings is 1. The molecule has 1 aromatic heterocycles. The van der Waals surface area contributed by atoms with Crippen LogP contribution < -0.4 is 10.5 Å². The summed E-state index contributed by atoms with van der Waals surface area (Å²) in [5.41, 5.74) is 6.88. The van der Waals surface area contributed by atoms with Crippen LogP contribution in [0.2, 0.25) is 0 Å². The van der Waals surface area contributed by atoms with E-state index in [-0.39, 0.29) is 5.82 Å². The Morgan fingerprint density at radius 2 is 2.29 bits per heavy atom. The van der Waals surface area contributed by atoms with Gasteiger partial charge in [-0.3, -0.25) is 0 Å². The molecule has 0 bridgehead atoms. The van der Waals surface area contributed by atoms with Crippen molar-refractivity contribution in [3.63, 3.8) is 0 Å². The molecule has 0 unspecified atom stereocenters. The standard InChI is InChI=1S/C10H11FN2O/c1-14-7-2-8-6(4-12)5-13-10(8)9(11)3-7/h2-3,5,13H,4,12H2,1H3. The first-order valence-electron chi connectivity index (χ1n) is 4.30. The van der Waals surface area contributed by atoms with Gasteiger partial charge < -0.3 is 15.5 Å². The number of hydrogen-bond donors (Lipinski definition) is 2. The van der Waals surface area contributed by atoms with E-state index in [1.807, 2.05) is 0 Å². The van der Waals surface area contributed by atoms with Gasteiger partial charge in [0.15, 0.2) is 5.82 Å². The fourth-order valence-electron chi connectivity index (χ4n) is 1.51.